The van der Waals surface area contributed by atoms with Crippen LogP contribution in [-0.4, -0.2) is 42.5 Å². The number of ether oxygens (including phenoxy) is 2. The van der Waals surface area contributed by atoms with Crippen molar-refractivity contribution in [3.8, 4) is 11.5 Å². The number of amides is 4. The van der Waals surface area contributed by atoms with E-state index in [-0.39, 0.29) is 11.6 Å². The Bertz CT molecular complexity index is 824. The maximum absolute atomic E-state index is 13.0. The molecule has 1 aliphatic carbocycles. The number of carbonyl (C=O) groups is 3. The van der Waals surface area contributed by atoms with Gasteiger partial charge in [-0.25, -0.2) is 4.79 Å². The molecule has 1 saturated heterocycles. The minimum atomic E-state index is -0.675. The van der Waals surface area contributed by atoms with Crippen molar-refractivity contribution in [3.05, 3.63) is 29.3 Å². The summed E-state index contributed by atoms with van der Waals surface area (Å²) < 4.78 is 11.1. The first-order chi connectivity index (χ1) is 13.9. The Balaban J connectivity index is 1.86. The quantitative estimate of drug-likeness (QED) is 0.583. The molecule has 156 valence electrons. The van der Waals surface area contributed by atoms with Crippen LogP contribution in [0.4, 0.5) is 4.79 Å². The Morgan fingerprint density at radius 1 is 1.14 bits per heavy atom. The number of hydrogen-bond donors (Lipinski definition) is 1. The molecular formula is C22H28N2O5. The predicted molar refractivity (Wildman–Crippen MR) is 109 cm³/mol. The Kier molecular flexibility index (Phi) is 6.56. The molecule has 1 aromatic rings. The zero-order valence-electron chi connectivity index (χ0n) is 17.2. The summed E-state index contributed by atoms with van der Waals surface area (Å²) >= 11 is 0. The topological polar surface area (TPSA) is 84.9 Å². The van der Waals surface area contributed by atoms with E-state index in [1.807, 2.05) is 0 Å². The monoisotopic (exact) mass is 400 g/mol. The number of hydrogen-bond acceptors (Lipinski definition) is 5. The first kappa shape index (κ1) is 20.9. The molecule has 1 aromatic carbocycles. The smallest absolute Gasteiger partial charge is 0.331 e. The number of urea groups is 1. The fraction of sp³-hybridized carbons (Fsp3) is 0.500. The second-order valence-electron chi connectivity index (χ2n) is 7.90. The Hall–Kier alpha value is -2.83. The average Bonchev–Trinajstić information content (AvgIpc) is 2.70. The molecule has 0 aromatic heterocycles. The maximum atomic E-state index is 13.0. The van der Waals surface area contributed by atoms with Gasteiger partial charge < -0.3 is 9.47 Å². The molecule has 7 heteroatoms. The van der Waals surface area contributed by atoms with Gasteiger partial charge in [-0.05, 0) is 42.5 Å². The van der Waals surface area contributed by atoms with Crippen LogP contribution in [0.1, 0.15) is 51.5 Å². The lowest BCUT2D eigenvalue weighted by molar-refractivity contribution is -0.132. The van der Waals surface area contributed by atoms with Gasteiger partial charge in [-0.15, -0.1) is 0 Å². The van der Waals surface area contributed by atoms with Crippen LogP contribution < -0.4 is 14.8 Å². The Morgan fingerprint density at radius 2 is 1.86 bits per heavy atom. The van der Waals surface area contributed by atoms with Crippen LogP contribution in [0.3, 0.4) is 0 Å². The lowest BCUT2D eigenvalue weighted by Crippen LogP contribution is -2.58. The van der Waals surface area contributed by atoms with Crippen LogP contribution in [0.2, 0.25) is 0 Å². The molecule has 1 heterocycles. The van der Waals surface area contributed by atoms with Gasteiger partial charge in [-0.3, -0.25) is 19.8 Å². The van der Waals surface area contributed by atoms with Crippen molar-refractivity contribution in [1.29, 1.82) is 0 Å². The fourth-order valence-corrected chi connectivity index (χ4v) is 3.66. The molecule has 1 aliphatic heterocycles. The predicted octanol–water partition coefficient (Wildman–Crippen LogP) is 3.52. The van der Waals surface area contributed by atoms with Gasteiger partial charge in [-0.2, -0.15) is 0 Å². The highest BCUT2D eigenvalue weighted by molar-refractivity contribution is 6.31. The number of benzene rings is 1. The van der Waals surface area contributed by atoms with Crippen molar-refractivity contribution in [2.75, 3.05) is 13.7 Å². The van der Waals surface area contributed by atoms with Crippen molar-refractivity contribution in [2.45, 2.75) is 52.0 Å². The third-order valence-electron chi connectivity index (χ3n) is 5.14. The first-order valence-electron chi connectivity index (χ1n) is 10.1. The Labute approximate surface area is 171 Å². The van der Waals surface area contributed by atoms with Gasteiger partial charge in [0.1, 0.15) is 5.57 Å². The molecule has 0 spiro atoms. The van der Waals surface area contributed by atoms with E-state index >= 15 is 0 Å². The van der Waals surface area contributed by atoms with Gasteiger partial charge in [-0.1, -0.05) is 39.2 Å². The maximum Gasteiger partial charge on any atom is 0.331 e. The van der Waals surface area contributed by atoms with E-state index < -0.39 is 17.8 Å². The van der Waals surface area contributed by atoms with E-state index in [4.69, 9.17) is 9.47 Å². The zero-order valence-corrected chi connectivity index (χ0v) is 17.2. The van der Waals surface area contributed by atoms with Crippen molar-refractivity contribution in [1.82, 2.24) is 10.2 Å². The van der Waals surface area contributed by atoms with Gasteiger partial charge in [0.2, 0.25) is 0 Å². The number of nitrogens with zero attached hydrogens (tertiary/aromatic N) is 1. The summed E-state index contributed by atoms with van der Waals surface area (Å²) in [4.78, 5) is 38.8. The number of barbiturate groups is 1. The van der Waals surface area contributed by atoms with Gasteiger partial charge in [0.25, 0.3) is 11.8 Å². The summed E-state index contributed by atoms with van der Waals surface area (Å²) in [6.45, 7) is 4.66. The van der Waals surface area contributed by atoms with Crippen LogP contribution in [0, 0.1) is 5.92 Å². The minimum Gasteiger partial charge on any atom is -0.493 e. The molecular weight excluding hydrogens is 372 g/mol. The molecule has 1 N–H and O–H groups in total. The Morgan fingerprint density at radius 3 is 2.52 bits per heavy atom. The van der Waals surface area contributed by atoms with E-state index in [0.29, 0.717) is 29.6 Å². The van der Waals surface area contributed by atoms with Gasteiger partial charge in [0, 0.05) is 6.04 Å². The summed E-state index contributed by atoms with van der Waals surface area (Å²) in [5, 5.41) is 2.30. The molecule has 0 bridgehead atoms. The van der Waals surface area contributed by atoms with Crippen LogP contribution in [0.15, 0.2) is 23.8 Å². The number of rotatable bonds is 6. The lowest BCUT2D eigenvalue weighted by atomic mass is 9.93. The van der Waals surface area contributed by atoms with Gasteiger partial charge >= 0.3 is 6.03 Å². The van der Waals surface area contributed by atoms with Crippen LogP contribution in [-0.2, 0) is 9.59 Å². The zero-order chi connectivity index (χ0) is 21.0. The van der Waals surface area contributed by atoms with Crippen molar-refractivity contribution in [3.63, 3.8) is 0 Å². The van der Waals surface area contributed by atoms with Gasteiger partial charge in [0.05, 0.1) is 13.7 Å². The summed E-state index contributed by atoms with van der Waals surface area (Å²) in [5.74, 6) is 0.273. The van der Waals surface area contributed by atoms with Crippen LogP contribution in [0.25, 0.3) is 6.08 Å². The van der Waals surface area contributed by atoms with Crippen molar-refractivity contribution >= 4 is 23.9 Å². The summed E-state index contributed by atoms with van der Waals surface area (Å²) in [7, 11) is 1.54. The van der Waals surface area contributed by atoms with E-state index in [1.54, 1.807) is 18.2 Å². The lowest BCUT2D eigenvalue weighted by Gasteiger charge is -2.35. The fourth-order valence-electron chi connectivity index (χ4n) is 3.66. The van der Waals surface area contributed by atoms with Crippen LogP contribution in [0.5, 0.6) is 11.5 Å². The largest absolute Gasteiger partial charge is 0.493 e. The minimum absolute atomic E-state index is 0.0481. The second kappa shape index (κ2) is 9.11. The number of carbonyl (C=O) groups excluding carboxylic acids is 3. The molecule has 0 unspecified atom stereocenters. The normalized spacial score (nSPS) is 19.7. The van der Waals surface area contributed by atoms with Crippen LogP contribution >= 0.6 is 0 Å². The SMILES string of the molecule is COc1cc(C=C2C(=O)NC(=O)N(C3CCCCC3)C2=O)ccc1OCC(C)C. The standard InChI is InChI=1S/C22H28N2O5/c1-14(2)13-29-18-10-9-15(12-19(18)28-3)11-17-20(25)23-22(27)24(21(17)26)16-7-5-4-6-8-16/h9-12,14,16H,4-8,13H2,1-3H3,(H,23,25,27). The number of nitrogens with one attached hydrogen (secondary N) is 1. The van der Waals surface area contributed by atoms with Gasteiger partial charge in [0.15, 0.2) is 11.5 Å². The first-order valence-corrected chi connectivity index (χ1v) is 10.1. The highest BCUT2D eigenvalue weighted by atomic mass is 16.5. The third kappa shape index (κ3) is 4.78. The van der Waals surface area contributed by atoms with Crippen molar-refractivity contribution in [2.24, 2.45) is 5.92 Å². The third-order valence-corrected chi connectivity index (χ3v) is 5.14. The van der Waals surface area contributed by atoms with Crippen molar-refractivity contribution < 1.29 is 23.9 Å². The highest BCUT2D eigenvalue weighted by Gasteiger charge is 2.40. The van der Waals surface area contributed by atoms with E-state index in [0.717, 1.165) is 32.1 Å². The van der Waals surface area contributed by atoms with E-state index in [2.05, 4.69) is 19.2 Å². The van der Waals surface area contributed by atoms with E-state index in [9.17, 15) is 14.4 Å². The molecule has 29 heavy (non-hydrogen) atoms. The molecule has 7 nitrogen and oxygen atoms in total. The highest BCUT2D eigenvalue weighted by Crippen LogP contribution is 2.30. The summed E-state index contributed by atoms with van der Waals surface area (Å²) in [6, 6.07) is 4.44. The summed E-state index contributed by atoms with van der Waals surface area (Å²) in [6.07, 6.45) is 6.10. The molecule has 0 radical (unpaired) electrons. The average molecular weight is 400 g/mol. The molecule has 3 rings (SSSR count). The molecule has 1 saturated carbocycles. The van der Waals surface area contributed by atoms with E-state index in [1.165, 1.54) is 18.1 Å². The summed E-state index contributed by atoms with van der Waals surface area (Å²) in [5.41, 5.74) is 0.572. The number of imide groups is 2. The number of methoxy groups -OCH3 is 1. The molecule has 4 amide bonds. The molecule has 2 aliphatic rings. The molecule has 2 fully saturated rings. The second-order valence-corrected chi connectivity index (χ2v) is 7.90. The molecule has 0 atom stereocenters.